The van der Waals surface area contributed by atoms with Crippen LogP contribution in [0.25, 0.3) is 0 Å². The van der Waals surface area contributed by atoms with E-state index in [-0.39, 0.29) is 29.7 Å². The Morgan fingerprint density at radius 3 is 2.42 bits per heavy atom. The molecule has 1 fully saturated rings. The van der Waals surface area contributed by atoms with Gasteiger partial charge in [0.15, 0.2) is 11.6 Å². The average Bonchev–Trinajstić information content (AvgIpc) is 2.97. The monoisotopic (exact) mass is 587 g/mol. The van der Waals surface area contributed by atoms with Gasteiger partial charge in [-0.25, -0.2) is 28.4 Å². The average molecular weight is 588 g/mol. The van der Waals surface area contributed by atoms with E-state index in [4.69, 9.17) is 4.74 Å². The van der Waals surface area contributed by atoms with Crippen molar-refractivity contribution in [2.75, 3.05) is 22.1 Å². The summed E-state index contributed by atoms with van der Waals surface area (Å²) in [5.41, 5.74) is 0.975. The maximum atomic E-state index is 15.0. The van der Waals surface area contributed by atoms with E-state index in [0.29, 0.717) is 17.4 Å². The van der Waals surface area contributed by atoms with Crippen LogP contribution in [0.4, 0.5) is 36.6 Å². The fourth-order valence-electron chi connectivity index (χ4n) is 4.34. The Morgan fingerprint density at radius 1 is 0.977 bits per heavy atom. The van der Waals surface area contributed by atoms with Gasteiger partial charge in [-0.05, 0) is 63.2 Å². The number of amides is 4. The van der Waals surface area contributed by atoms with Gasteiger partial charge in [-0.2, -0.15) is 0 Å². The minimum Gasteiger partial charge on any atom is -0.454 e. The number of halogens is 2. The number of urea groups is 1. The third-order valence-electron chi connectivity index (χ3n) is 6.56. The Hall–Kier alpha value is -5.46. The maximum Gasteiger partial charge on any atom is 0.331 e. The summed E-state index contributed by atoms with van der Waals surface area (Å²) < 4.78 is 34.2. The second-order valence-electron chi connectivity index (χ2n) is 10.0. The van der Waals surface area contributed by atoms with Crippen molar-refractivity contribution in [1.29, 1.82) is 0 Å². The third kappa shape index (κ3) is 6.56. The van der Waals surface area contributed by atoms with E-state index in [0.717, 1.165) is 28.8 Å². The molecule has 11 nitrogen and oxygen atoms in total. The number of carbonyl (C=O) groups is 3. The molecule has 0 saturated carbocycles. The van der Waals surface area contributed by atoms with Gasteiger partial charge in [-0.15, -0.1) is 0 Å². The highest BCUT2D eigenvalue weighted by Gasteiger charge is 2.44. The minimum atomic E-state index is -1.29. The zero-order valence-electron chi connectivity index (χ0n) is 23.4. The van der Waals surface area contributed by atoms with Crippen LogP contribution in [0.2, 0.25) is 0 Å². The number of rotatable bonds is 8. The van der Waals surface area contributed by atoms with E-state index in [1.165, 1.54) is 35.4 Å². The number of carbonyl (C=O) groups excluding carboxylic acids is 3. The lowest BCUT2D eigenvalue weighted by molar-refractivity contribution is -0.132. The van der Waals surface area contributed by atoms with E-state index in [1.807, 2.05) is 6.92 Å². The van der Waals surface area contributed by atoms with Gasteiger partial charge in [0.25, 0.3) is 0 Å². The molecule has 1 aliphatic rings. The van der Waals surface area contributed by atoms with Crippen LogP contribution in [0.3, 0.4) is 0 Å². The normalized spacial score (nSPS) is 15.1. The van der Waals surface area contributed by atoms with Gasteiger partial charge < -0.3 is 20.3 Å². The molecular weight excluding hydrogens is 560 g/mol. The number of aryl methyl sites for hydroxylation is 1. The fraction of sp³-hybridized carbons (Fsp3) is 0.200. The topological polar surface area (TPSA) is 130 Å². The van der Waals surface area contributed by atoms with Crippen LogP contribution in [-0.4, -0.2) is 50.3 Å². The minimum absolute atomic E-state index is 0.0824. The molecule has 0 spiro atoms. The van der Waals surface area contributed by atoms with Crippen molar-refractivity contribution in [1.82, 2.24) is 19.9 Å². The third-order valence-corrected chi connectivity index (χ3v) is 6.56. The molecule has 2 aromatic heterocycles. The second kappa shape index (κ2) is 12.2. The molecule has 5 rings (SSSR count). The summed E-state index contributed by atoms with van der Waals surface area (Å²) in [7, 11) is 0. The van der Waals surface area contributed by atoms with Gasteiger partial charge >= 0.3 is 6.03 Å². The molecule has 220 valence electrons. The molecule has 1 atom stereocenters. The standard InChI is InChI=1S/C30H27F2N7O4/c1-17(2)38-16-23(29(41)39(30(38)42)21-7-4-19(31)5-8-21)28(40)36-20-6-9-25(24(32)12-20)43-22-10-11-33-26(13-22)37-27-15-34-18(3)14-35-27/h4-15,17,23H,16H2,1-3H3,(H,36,40)(H,33,35,37). The Kier molecular flexibility index (Phi) is 8.23. The molecule has 2 aromatic carbocycles. The van der Waals surface area contributed by atoms with Crippen LogP contribution < -0.4 is 20.3 Å². The summed E-state index contributed by atoms with van der Waals surface area (Å²) in [5.74, 6) is -3.04. The van der Waals surface area contributed by atoms with Crippen LogP contribution in [0.5, 0.6) is 11.5 Å². The fourth-order valence-corrected chi connectivity index (χ4v) is 4.34. The second-order valence-corrected chi connectivity index (χ2v) is 10.0. The Labute approximate surface area is 245 Å². The quantitative estimate of drug-likeness (QED) is 0.261. The van der Waals surface area contributed by atoms with Crippen LogP contribution in [0.15, 0.2) is 73.2 Å². The number of imide groups is 1. The Morgan fingerprint density at radius 2 is 1.74 bits per heavy atom. The van der Waals surface area contributed by atoms with Gasteiger partial charge in [0.05, 0.1) is 23.8 Å². The SMILES string of the molecule is Cc1cnc(Nc2cc(Oc3ccc(NC(=O)C4CN(C(C)C)C(=O)N(c5ccc(F)cc5)C4=O)cc3F)ccn2)cn1. The summed E-state index contributed by atoms with van der Waals surface area (Å²) in [4.78, 5) is 54.4. The number of nitrogens with one attached hydrogen (secondary N) is 2. The first kappa shape index (κ1) is 29.0. The lowest BCUT2D eigenvalue weighted by Gasteiger charge is -2.39. The van der Waals surface area contributed by atoms with E-state index in [9.17, 15) is 18.8 Å². The van der Waals surface area contributed by atoms with Crippen LogP contribution >= 0.6 is 0 Å². The van der Waals surface area contributed by atoms with E-state index < -0.39 is 35.4 Å². The van der Waals surface area contributed by atoms with Gasteiger partial charge in [0, 0.05) is 36.6 Å². The van der Waals surface area contributed by atoms with Crippen LogP contribution in [-0.2, 0) is 9.59 Å². The molecule has 3 heterocycles. The van der Waals surface area contributed by atoms with Crippen LogP contribution in [0.1, 0.15) is 19.5 Å². The molecule has 1 unspecified atom stereocenters. The number of ether oxygens (including phenoxy) is 1. The molecule has 1 aliphatic heterocycles. The van der Waals surface area contributed by atoms with Gasteiger partial charge in [-0.1, -0.05) is 0 Å². The lowest BCUT2D eigenvalue weighted by Crippen LogP contribution is -2.61. The predicted octanol–water partition coefficient (Wildman–Crippen LogP) is 5.43. The molecule has 2 N–H and O–H groups in total. The molecule has 1 saturated heterocycles. The molecule has 0 bridgehead atoms. The number of nitrogens with zero attached hydrogens (tertiary/aromatic N) is 5. The first-order valence-electron chi connectivity index (χ1n) is 13.3. The van der Waals surface area contributed by atoms with Crippen molar-refractivity contribution in [3.63, 3.8) is 0 Å². The highest BCUT2D eigenvalue weighted by Crippen LogP contribution is 2.30. The van der Waals surface area contributed by atoms with Crippen molar-refractivity contribution in [2.45, 2.75) is 26.8 Å². The van der Waals surface area contributed by atoms with Crippen molar-refractivity contribution in [2.24, 2.45) is 5.92 Å². The molecule has 4 aromatic rings. The first-order valence-corrected chi connectivity index (χ1v) is 13.3. The molecule has 4 amide bonds. The Bertz CT molecular complexity index is 1670. The smallest absolute Gasteiger partial charge is 0.331 e. The van der Waals surface area contributed by atoms with Crippen molar-refractivity contribution in [3.05, 3.63) is 90.5 Å². The number of hydrogen-bond donors (Lipinski definition) is 2. The highest BCUT2D eigenvalue weighted by atomic mass is 19.1. The van der Waals surface area contributed by atoms with Crippen molar-refractivity contribution in [3.8, 4) is 11.5 Å². The van der Waals surface area contributed by atoms with Crippen LogP contribution in [0, 0.1) is 24.5 Å². The van der Waals surface area contributed by atoms with Gasteiger partial charge in [0.1, 0.15) is 29.1 Å². The first-order chi connectivity index (χ1) is 20.6. The summed E-state index contributed by atoms with van der Waals surface area (Å²) in [6.07, 6.45) is 4.63. The number of benzene rings is 2. The molecule has 0 radical (unpaired) electrons. The number of pyridine rings is 1. The Balaban J connectivity index is 1.29. The molecular formula is C30H27F2N7O4. The predicted molar refractivity (Wildman–Crippen MR) is 154 cm³/mol. The summed E-state index contributed by atoms with van der Waals surface area (Å²) in [6, 6.07) is 10.8. The number of hydrogen-bond acceptors (Lipinski definition) is 8. The van der Waals surface area contributed by atoms with E-state index >= 15 is 4.39 Å². The lowest BCUT2D eigenvalue weighted by atomic mass is 10.0. The van der Waals surface area contributed by atoms with Crippen molar-refractivity contribution < 1.29 is 27.9 Å². The van der Waals surface area contributed by atoms with Gasteiger partial charge in [-0.3, -0.25) is 14.6 Å². The summed E-state index contributed by atoms with van der Waals surface area (Å²) in [6.45, 7) is 5.14. The summed E-state index contributed by atoms with van der Waals surface area (Å²) >= 11 is 0. The number of anilines is 4. The summed E-state index contributed by atoms with van der Waals surface area (Å²) in [5, 5.41) is 5.54. The maximum absolute atomic E-state index is 15.0. The van der Waals surface area contributed by atoms with E-state index in [2.05, 4.69) is 25.6 Å². The largest absolute Gasteiger partial charge is 0.454 e. The van der Waals surface area contributed by atoms with E-state index in [1.54, 1.807) is 38.4 Å². The van der Waals surface area contributed by atoms with Crippen molar-refractivity contribution >= 4 is 40.9 Å². The highest BCUT2D eigenvalue weighted by molar-refractivity contribution is 6.23. The molecule has 13 heteroatoms. The zero-order chi connectivity index (χ0) is 30.7. The molecule has 0 aliphatic carbocycles. The molecule has 43 heavy (non-hydrogen) atoms. The number of aromatic nitrogens is 3. The zero-order valence-corrected chi connectivity index (χ0v) is 23.4. The van der Waals surface area contributed by atoms with Gasteiger partial charge in [0.2, 0.25) is 11.8 Å².